The van der Waals surface area contributed by atoms with Crippen molar-refractivity contribution >= 4 is 17.6 Å². The molecule has 0 bridgehead atoms. The molecule has 6 nitrogen and oxygen atoms in total. The summed E-state index contributed by atoms with van der Waals surface area (Å²) in [5, 5.41) is 6.59. The summed E-state index contributed by atoms with van der Waals surface area (Å²) in [6, 6.07) is 10.8. The molecule has 6 heteroatoms. The van der Waals surface area contributed by atoms with Gasteiger partial charge in [0.1, 0.15) is 11.6 Å². The number of benzene rings is 1. The van der Waals surface area contributed by atoms with E-state index < -0.39 is 0 Å². The van der Waals surface area contributed by atoms with Crippen molar-refractivity contribution < 1.29 is 0 Å². The fourth-order valence-electron chi connectivity index (χ4n) is 2.55. The van der Waals surface area contributed by atoms with Gasteiger partial charge in [0.2, 0.25) is 5.95 Å². The Morgan fingerprint density at radius 3 is 2.77 bits per heavy atom. The molecule has 0 atom stereocenters. The first kappa shape index (κ1) is 14.6. The van der Waals surface area contributed by atoms with Gasteiger partial charge in [-0.25, -0.2) is 0 Å². The number of nitrogens with one attached hydrogen (secondary N) is 2. The first-order chi connectivity index (χ1) is 10.7. The van der Waals surface area contributed by atoms with Crippen LogP contribution in [-0.2, 0) is 6.54 Å². The summed E-state index contributed by atoms with van der Waals surface area (Å²) >= 11 is 0. The van der Waals surface area contributed by atoms with E-state index in [0.717, 1.165) is 31.3 Å². The lowest BCUT2D eigenvalue weighted by Gasteiger charge is -2.40. The molecule has 1 saturated heterocycles. The van der Waals surface area contributed by atoms with E-state index in [1.165, 1.54) is 11.1 Å². The number of likely N-dealkylation sites (N-methyl/N-ethyl adjacent to an activating group) is 1. The predicted octanol–water partition coefficient (Wildman–Crippen LogP) is 1.39. The Morgan fingerprint density at radius 2 is 2.05 bits per heavy atom. The predicted molar refractivity (Wildman–Crippen MR) is 90.0 cm³/mol. The number of aryl methyl sites for hydroxylation is 1. The van der Waals surface area contributed by atoms with Crippen LogP contribution < -0.4 is 21.3 Å². The Bertz CT molecular complexity index is 651. The maximum atomic E-state index is 5.84. The van der Waals surface area contributed by atoms with E-state index in [9.17, 15) is 0 Å². The van der Waals surface area contributed by atoms with E-state index in [1.54, 1.807) is 0 Å². The van der Waals surface area contributed by atoms with Gasteiger partial charge in [0, 0.05) is 31.7 Å². The lowest BCUT2D eigenvalue weighted by Crippen LogP contribution is -2.57. The maximum Gasteiger partial charge on any atom is 0.223 e. The molecule has 2 aromatic rings. The molecule has 2 heterocycles. The van der Waals surface area contributed by atoms with Crippen molar-refractivity contribution in [3.8, 4) is 0 Å². The van der Waals surface area contributed by atoms with Gasteiger partial charge >= 0.3 is 0 Å². The third kappa shape index (κ3) is 3.12. The topological polar surface area (TPSA) is 79.1 Å². The zero-order valence-corrected chi connectivity index (χ0v) is 13.0. The summed E-state index contributed by atoms with van der Waals surface area (Å²) in [5.41, 5.74) is 8.35. The first-order valence-corrected chi connectivity index (χ1v) is 7.51. The lowest BCUT2D eigenvalue weighted by molar-refractivity contribution is 0.447. The fraction of sp³-hybridized carbons (Fsp3) is 0.375. The van der Waals surface area contributed by atoms with E-state index in [2.05, 4.69) is 44.6 Å². The largest absolute Gasteiger partial charge is 0.368 e. The third-order valence-corrected chi connectivity index (χ3v) is 4.06. The molecule has 0 unspecified atom stereocenters. The summed E-state index contributed by atoms with van der Waals surface area (Å²) in [6.45, 7) is 4.73. The smallest absolute Gasteiger partial charge is 0.223 e. The van der Waals surface area contributed by atoms with Crippen molar-refractivity contribution in [3.05, 3.63) is 41.5 Å². The van der Waals surface area contributed by atoms with Gasteiger partial charge in [-0.1, -0.05) is 24.3 Å². The molecule has 1 aromatic heterocycles. The minimum atomic E-state index is 0.303. The monoisotopic (exact) mass is 298 g/mol. The second-order valence-corrected chi connectivity index (χ2v) is 5.64. The number of hydrogen-bond donors (Lipinski definition) is 3. The van der Waals surface area contributed by atoms with Gasteiger partial charge < -0.3 is 21.3 Å². The van der Waals surface area contributed by atoms with E-state index in [-0.39, 0.29) is 0 Å². The fourth-order valence-corrected chi connectivity index (χ4v) is 2.55. The Balaban J connectivity index is 1.69. The highest BCUT2D eigenvalue weighted by Gasteiger charge is 2.26. The van der Waals surface area contributed by atoms with Crippen molar-refractivity contribution in [2.24, 2.45) is 0 Å². The van der Waals surface area contributed by atoms with Crippen LogP contribution >= 0.6 is 0 Å². The van der Waals surface area contributed by atoms with Gasteiger partial charge in [0.15, 0.2) is 0 Å². The molecule has 1 fully saturated rings. The molecule has 1 aliphatic heterocycles. The Kier molecular flexibility index (Phi) is 4.11. The van der Waals surface area contributed by atoms with E-state index in [1.807, 2.05) is 25.2 Å². The van der Waals surface area contributed by atoms with E-state index >= 15 is 0 Å². The Labute approximate surface area is 130 Å². The molecule has 4 N–H and O–H groups in total. The SMILES string of the molecule is CNC1CN(c2cc(NCc3ccccc3C)nc(N)n2)C1. The van der Waals surface area contributed by atoms with Crippen LogP contribution in [0.3, 0.4) is 0 Å². The second kappa shape index (κ2) is 6.19. The molecule has 1 aliphatic rings. The zero-order valence-electron chi connectivity index (χ0n) is 13.0. The highest BCUT2D eigenvalue weighted by atomic mass is 15.3. The first-order valence-electron chi connectivity index (χ1n) is 7.51. The van der Waals surface area contributed by atoms with Crippen LogP contribution in [0.2, 0.25) is 0 Å². The molecule has 116 valence electrons. The van der Waals surface area contributed by atoms with Crippen LogP contribution in [-0.4, -0.2) is 36.1 Å². The summed E-state index contributed by atoms with van der Waals surface area (Å²) in [4.78, 5) is 10.8. The van der Waals surface area contributed by atoms with Gasteiger partial charge in [0.25, 0.3) is 0 Å². The van der Waals surface area contributed by atoms with Crippen molar-refractivity contribution in [1.29, 1.82) is 0 Å². The van der Waals surface area contributed by atoms with Crippen molar-refractivity contribution in [2.75, 3.05) is 36.1 Å². The van der Waals surface area contributed by atoms with Crippen molar-refractivity contribution in [2.45, 2.75) is 19.5 Å². The standard InChI is InChI=1S/C16H22N6/c1-11-5-3-4-6-12(11)8-19-14-7-15(21-16(17)20-14)22-9-13(10-22)18-2/h3-7,13,18H,8-10H2,1-2H3,(H3,17,19,20,21). The average molecular weight is 298 g/mol. The number of aromatic nitrogens is 2. The molecular weight excluding hydrogens is 276 g/mol. The van der Waals surface area contributed by atoms with Crippen LogP contribution in [0.1, 0.15) is 11.1 Å². The molecule has 0 saturated carbocycles. The maximum absolute atomic E-state index is 5.84. The number of hydrogen-bond acceptors (Lipinski definition) is 6. The molecule has 0 spiro atoms. The molecule has 0 aliphatic carbocycles. The number of anilines is 3. The average Bonchev–Trinajstić information content (AvgIpc) is 2.45. The number of nitrogen functional groups attached to an aromatic ring is 1. The van der Waals surface area contributed by atoms with Gasteiger partial charge in [-0.3, -0.25) is 0 Å². The van der Waals surface area contributed by atoms with Crippen LogP contribution in [0, 0.1) is 6.92 Å². The highest BCUT2D eigenvalue weighted by molar-refractivity contribution is 5.54. The number of rotatable bonds is 5. The minimum Gasteiger partial charge on any atom is -0.368 e. The lowest BCUT2D eigenvalue weighted by atomic mass is 10.1. The van der Waals surface area contributed by atoms with Crippen LogP contribution in [0.4, 0.5) is 17.6 Å². The highest BCUT2D eigenvalue weighted by Crippen LogP contribution is 2.22. The normalized spacial score (nSPS) is 14.7. The molecule has 22 heavy (non-hydrogen) atoms. The zero-order chi connectivity index (χ0) is 15.5. The van der Waals surface area contributed by atoms with Gasteiger partial charge in [-0.05, 0) is 25.1 Å². The number of nitrogens with zero attached hydrogens (tertiary/aromatic N) is 3. The second-order valence-electron chi connectivity index (χ2n) is 5.64. The third-order valence-electron chi connectivity index (χ3n) is 4.06. The minimum absolute atomic E-state index is 0.303. The van der Waals surface area contributed by atoms with Crippen molar-refractivity contribution in [3.63, 3.8) is 0 Å². The summed E-state index contributed by atoms with van der Waals surface area (Å²) in [7, 11) is 1.98. The van der Waals surface area contributed by atoms with Crippen molar-refractivity contribution in [1.82, 2.24) is 15.3 Å². The molecule has 0 radical (unpaired) electrons. The molecule has 3 rings (SSSR count). The van der Waals surface area contributed by atoms with Crippen LogP contribution in [0.5, 0.6) is 0 Å². The van der Waals surface area contributed by atoms with Gasteiger partial charge in [0.05, 0.1) is 0 Å². The number of nitrogens with two attached hydrogens (primary N) is 1. The molecule has 0 amide bonds. The Morgan fingerprint density at radius 1 is 1.27 bits per heavy atom. The van der Waals surface area contributed by atoms with E-state index in [4.69, 9.17) is 5.73 Å². The summed E-state index contributed by atoms with van der Waals surface area (Å²) in [5.74, 6) is 1.95. The van der Waals surface area contributed by atoms with Crippen LogP contribution in [0.25, 0.3) is 0 Å². The Hall–Kier alpha value is -2.34. The molecular formula is C16H22N6. The quantitative estimate of drug-likeness (QED) is 0.774. The summed E-state index contributed by atoms with van der Waals surface area (Å²) < 4.78 is 0. The van der Waals surface area contributed by atoms with Crippen LogP contribution in [0.15, 0.2) is 30.3 Å². The summed E-state index contributed by atoms with van der Waals surface area (Å²) in [6.07, 6.45) is 0. The van der Waals surface area contributed by atoms with Gasteiger partial charge in [-0.15, -0.1) is 0 Å². The van der Waals surface area contributed by atoms with Gasteiger partial charge in [-0.2, -0.15) is 9.97 Å². The molecule has 1 aromatic carbocycles. The van der Waals surface area contributed by atoms with E-state index in [0.29, 0.717) is 12.0 Å².